The lowest BCUT2D eigenvalue weighted by Crippen LogP contribution is -2.08. The number of rotatable bonds is 6. The molecule has 0 unspecified atom stereocenters. The number of benzene rings is 2. The minimum absolute atomic E-state index is 0.0335. The van der Waals surface area contributed by atoms with Crippen molar-refractivity contribution in [3.8, 4) is 11.5 Å². The first kappa shape index (κ1) is 17.1. The summed E-state index contributed by atoms with van der Waals surface area (Å²) < 4.78 is 0. The van der Waals surface area contributed by atoms with Gasteiger partial charge in [0.2, 0.25) is 0 Å². The second kappa shape index (κ2) is 7.32. The Bertz CT molecular complexity index is 725. The molecule has 0 heterocycles. The van der Waals surface area contributed by atoms with E-state index in [0.29, 0.717) is 16.7 Å². The summed E-state index contributed by atoms with van der Waals surface area (Å²) in [6, 6.07) is 11.9. The number of aliphatic carboxylic acids is 2. The van der Waals surface area contributed by atoms with Crippen LogP contribution in [0.2, 0.25) is 0 Å². The molecule has 0 aromatic heterocycles. The molecule has 0 aliphatic heterocycles. The van der Waals surface area contributed by atoms with Gasteiger partial charge in [-0.25, -0.2) is 4.79 Å². The van der Waals surface area contributed by atoms with E-state index in [2.05, 4.69) is 0 Å². The van der Waals surface area contributed by atoms with Crippen molar-refractivity contribution in [1.82, 2.24) is 0 Å². The number of carbonyl (C=O) groups is 2. The van der Waals surface area contributed by atoms with E-state index in [0.717, 1.165) is 0 Å². The smallest absolute Gasteiger partial charge is 0.332 e. The van der Waals surface area contributed by atoms with Crippen molar-refractivity contribution in [1.29, 1.82) is 0 Å². The zero-order valence-corrected chi connectivity index (χ0v) is 12.6. The van der Waals surface area contributed by atoms with Crippen molar-refractivity contribution in [2.24, 2.45) is 0 Å². The van der Waals surface area contributed by atoms with Gasteiger partial charge in [0, 0.05) is 12.0 Å². The van der Waals surface area contributed by atoms with Crippen LogP contribution in [-0.2, 0) is 9.59 Å². The van der Waals surface area contributed by atoms with Crippen LogP contribution in [0.25, 0.3) is 5.57 Å². The van der Waals surface area contributed by atoms with Crippen molar-refractivity contribution in [3.05, 3.63) is 65.2 Å². The molecule has 0 aliphatic carbocycles. The van der Waals surface area contributed by atoms with E-state index in [4.69, 9.17) is 5.11 Å². The fourth-order valence-corrected chi connectivity index (χ4v) is 2.34. The summed E-state index contributed by atoms with van der Waals surface area (Å²) in [7, 11) is 0. The Morgan fingerprint density at radius 3 is 1.46 bits per heavy atom. The highest BCUT2D eigenvalue weighted by molar-refractivity contribution is 6.01. The van der Waals surface area contributed by atoms with E-state index in [1.165, 1.54) is 24.3 Å². The second-order valence-corrected chi connectivity index (χ2v) is 5.15. The van der Waals surface area contributed by atoms with E-state index in [1.54, 1.807) is 24.3 Å². The Kier molecular flexibility index (Phi) is 5.21. The molecule has 2 rings (SSSR count). The molecule has 4 N–H and O–H groups in total. The molecule has 0 fully saturated rings. The first-order valence-corrected chi connectivity index (χ1v) is 7.15. The van der Waals surface area contributed by atoms with Crippen LogP contribution in [0, 0.1) is 0 Å². The molecule has 2 aromatic rings. The summed E-state index contributed by atoms with van der Waals surface area (Å²) in [5, 5.41) is 37.2. The van der Waals surface area contributed by atoms with Gasteiger partial charge in [-0.1, -0.05) is 24.3 Å². The minimum atomic E-state index is -1.22. The topological polar surface area (TPSA) is 115 Å². The third kappa shape index (κ3) is 4.13. The quantitative estimate of drug-likeness (QED) is 0.606. The maximum absolute atomic E-state index is 11.7. The van der Waals surface area contributed by atoms with Crippen molar-refractivity contribution >= 4 is 17.5 Å². The third-order valence-electron chi connectivity index (χ3n) is 3.46. The number of phenols is 2. The zero-order chi connectivity index (χ0) is 17.7. The lowest BCUT2D eigenvalue weighted by molar-refractivity contribution is -0.137. The maximum Gasteiger partial charge on any atom is 0.332 e. The summed E-state index contributed by atoms with van der Waals surface area (Å²) in [6.07, 6.45) is -0.469. The Morgan fingerprint density at radius 1 is 0.708 bits per heavy atom. The van der Waals surface area contributed by atoms with Gasteiger partial charge in [-0.15, -0.1) is 0 Å². The normalized spacial score (nSPS) is 10.2. The molecule has 124 valence electrons. The molecule has 6 heteroatoms. The molecule has 2 aromatic carbocycles. The van der Waals surface area contributed by atoms with E-state index in [-0.39, 0.29) is 29.9 Å². The van der Waals surface area contributed by atoms with Crippen LogP contribution in [0.15, 0.2) is 54.1 Å². The molecule has 0 aliphatic rings. The van der Waals surface area contributed by atoms with Crippen LogP contribution in [0.5, 0.6) is 11.5 Å². The molecular weight excluding hydrogens is 312 g/mol. The predicted octanol–water partition coefficient (Wildman–Crippen LogP) is 2.85. The van der Waals surface area contributed by atoms with Crippen molar-refractivity contribution in [2.45, 2.75) is 12.8 Å². The highest BCUT2D eigenvalue weighted by Crippen LogP contribution is 2.31. The van der Waals surface area contributed by atoms with Gasteiger partial charge < -0.3 is 20.4 Å². The summed E-state index contributed by atoms with van der Waals surface area (Å²) in [5.41, 5.74) is 1.36. The maximum atomic E-state index is 11.7. The Morgan fingerprint density at radius 2 is 1.12 bits per heavy atom. The van der Waals surface area contributed by atoms with Crippen molar-refractivity contribution in [2.75, 3.05) is 0 Å². The predicted molar refractivity (Wildman–Crippen MR) is 86.7 cm³/mol. The monoisotopic (exact) mass is 328 g/mol. The van der Waals surface area contributed by atoms with Gasteiger partial charge in [0.1, 0.15) is 11.5 Å². The molecule has 0 atom stereocenters. The molecule has 24 heavy (non-hydrogen) atoms. The lowest BCUT2D eigenvalue weighted by atomic mass is 9.90. The van der Waals surface area contributed by atoms with Crippen LogP contribution in [0.4, 0.5) is 0 Å². The highest BCUT2D eigenvalue weighted by atomic mass is 16.4. The largest absolute Gasteiger partial charge is 0.508 e. The molecule has 6 nitrogen and oxygen atoms in total. The molecular formula is C18H16O6. The fraction of sp³-hybridized carbons (Fsp3) is 0.111. The van der Waals surface area contributed by atoms with Crippen LogP contribution in [0.3, 0.4) is 0 Å². The van der Waals surface area contributed by atoms with E-state index < -0.39 is 11.9 Å². The number of aromatic hydroxyl groups is 2. The van der Waals surface area contributed by atoms with Gasteiger partial charge in [0.15, 0.2) is 0 Å². The zero-order valence-electron chi connectivity index (χ0n) is 12.6. The molecule has 0 saturated heterocycles. The molecule has 0 saturated carbocycles. The fourth-order valence-electron chi connectivity index (χ4n) is 2.34. The first-order chi connectivity index (χ1) is 11.4. The number of carboxylic acids is 2. The minimum Gasteiger partial charge on any atom is -0.508 e. The number of hydrogen-bond donors (Lipinski definition) is 4. The highest BCUT2D eigenvalue weighted by Gasteiger charge is 2.19. The van der Waals surface area contributed by atoms with Crippen molar-refractivity contribution in [3.63, 3.8) is 0 Å². The van der Waals surface area contributed by atoms with E-state index >= 15 is 0 Å². The average Bonchev–Trinajstić information content (AvgIpc) is 2.53. The second-order valence-electron chi connectivity index (χ2n) is 5.15. The first-order valence-electron chi connectivity index (χ1n) is 7.15. The standard InChI is InChI=1S/C18H16O6/c19-13-5-1-11(2-6-13)17(12-3-7-14(20)8-4-12)15(18(23)24)9-10-16(21)22/h1-8,19-20H,9-10H2,(H,21,22)(H,23,24). The van der Waals surface area contributed by atoms with Crippen LogP contribution < -0.4 is 0 Å². The molecule has 0 amide bonds. The van der Waals surface area contributed by atoms with Crippen molar-refractivity contribution < 1.29 is 30.0 Å². The van der Waals surface area contributed by atoms with Gasteiger partial charge in [-0.05, 0) is 47.4 Å². The molecule has 0 spiro atoms. The van der Waals surface area contributed by atoms with Crippen LogP contribution in [0.1, 0.15) is 24.0 Å². The molecule has 0 bridgehead atoms. The summed E-state index contributed by atoms with van der Waals surface area (Å²) in [5.74, 6) is -2.24. The van der Waals surface area contributed by atoms with Crippen LogP contribution >= 0.6 is 0 Å². The Balaban J connectivity index is 2.64. The summed E-state index contributed by atoms with van der Waals surface area (Å²) >= 11 is 0. The lowest BCUT2D eigenvalue weighted by Gasteiger charge is -2.14. The summed E-state index contributed by atoms with van der Waals surface area (Å²) in [4.78, 5) is 22.5. The average molecular weight is 328 g/mol. The van der Waals surface area contributed by atoms with E-state index in [9.17, 15) is 24.9 Å². The van der Waals surface area contributed by atoms with Gasteiger partial charge in [-0.2, -0.15) is 0 Å². The Labute approximate surface area is 137 Å². The Hall–Kier alpha value is -3.28. The van der Waals surface area contributed by atoms with Gasteiger partial charge >= 0.3 is 11.9 Å². The van der Waals surface area contributed by atoms with E-state index in [1.807, 2.05) is 0 Å². The molecule has 0 radical (unpaired) electrons. The summed E-state index contributed by atoms with van der Waals surface area (Å²) in [6.45, 7) is 0. The number of hydrogen-bond acceptors (Lipinski definition) is 4. The third-order valence-corrected chi connectivity index (χ3v) is 3.46. The number of phenolic OH excluding ortho intramolecular Hbond substituents is 2. The van der Waals surface area contributed by atoms with Gasteiger partial charge in [0.25, 0.3) is 0 Å². The van der Waals surface area contributed by atoms with Gasteiger partial charge in [-0.3, -0.25) is 4.79 Å². The number of carboxylic acid groups (broad SMARTS) is 2. The van der Waals surface area contributed by atoms with Gasteiger partial charge in [0.05, 0.1) is 0 Å². The van der Waals surface area contributed by atoms with Crippen LogP contribution in [-0.4, -0.2) is 32.4 Å². The SMILES string of the molecule is O=C(O)CCC(C(=O)O)=C(c1ccc(O)cc1)c1ccc(O)cc1.